The number of nitrogens with one attached hydrogen (secondary N) is 1. The van der Waals surface area contributed by atoms with E-state index in [0.717, 1.165) is 17.0 Å². The molecule has 0 saturated carbocycles. The van der Waals surface area contributed by atoms with E-state index in [1.807, 2.05) is 0 Å². The molecule has 0 aliphatic carbocycles. The lowest BCUT2D eigenvalue weighted by Crippen LogP contribution is -2.41. The van der Waals surface area contributed by atoms with Crippen LogP contribution in [0.5, 0.6) is 0 Å². The zero-order valence-electron chi connectivity index (χ0n) is 20.6. The minimum absolute atomic E-state index is 0.0569. The Balaban J connectivity index is 1.44. The van der Waals surface area contributed by atoms with E-state index in [4.69, 9.17) is 32.4 Å². The highest BCUT2D eigenvalue weighted by atomic mass is 35.5. The third-order valence-corrected chi connectivity index (χ3v) is 7.03. The second-order valence-corrected chi connectivity index (χ2v) is 10.2. The molecular formula is C29H20Cl2F3NO4. The van der Waals surface area contributed by atoms with E-state index in [1.165, 1.54) is 30.3 Å². The predicted octanol–water partition coefficient (Wildman–Crippen LogP) is 7.84. The van der Waals surface area contributed by atoms with Crippen LogP contribution in [-0.4, -0.2) is 18.7 Å². The van der Waals surface area contributed by atoms with Gasteiger partial charge in [0.05, 0.1) is 6.61 Å². The van der Waals surface area contributed by atoms with Crippen molar-refractivity contribution in [3.8, 4) is 0 Å². The smallest absolute Gasteiger partial charge is 0.423 e. The molecule has 0 saturated heterocycles. The van der Waals surface area contributed by atoms with Gasteiger partial charge in [-0.25, -0.2) is 4.79 Å². The van der Waals surface area contributed by atoms with Crippen molar-refractivity contribution in [2.24, 2.45) is 0 Å². The minimum Gasteiger partial charge on any atom is -0.423 e. The summed E-state index contributed by atoms with van der Waals surface area (Å²) in [7, 11) is 0. The average Bonchev–Trinajstić information content (AvgIpc) is 3.30. The number of hydrogen-bond donors (Lipinski definition) is 1. The van der Waals surface area contributed by atoms with Crippen LogP contribution in [0.3, 0.4) is 0 Å². The van der Waals surface area contributed by atoms with E-state index in [2.05, 4.69) is 5.32 Å². The molecule has 0 spiro atoms. The molecule has 200 valence electrons. The number of rotatable bonds is 4. The third kappa shape index (κ3) is 5.07. The van der Waals surface area contributed by atoms with Crippen LogP contribution in [0.1, 0.15) is 32.6 Å². The molecule has 39 heavy (non-hydrogen) atoms. The predicted molar refractivity (Wildman–Crippen MR) is 144 cm³/mol. The van der Waals surface area contributed by atoms with Gasteiger partial charge in [-0.3, -0.25) is 4.79 Å². The molecule has 3 aromatic carbocycles. The summed E-state index contributed by atoms with van der Waals surface area (Å²) in [5, 5.41) is 3.63. The van der Waals surface area contributed by atoms with Crippen LogP contribution in [0.2, 0.25) is 10.0 Å². The number of halogens is 5. The molecule has 1 aliphatic heterocycles. The summed E-state index contributed by atoms with van der Waals surface area (Å²) in [6.07, 6.45) is -3.76. The summed E-state index contributed by atoms with van der Waals surface area (Å²) >= 11 is 12.0. The van der Waals surface area contributed by atoms with E-state index in [9.17, 15) is 22.8 Å². The number of aryl methyl sites for hydroxylation is 2. The van der Waals surface area contributed by atoms with Crippen LogP contribution >= 0.6 is 23.2 Å². The number of hydrogen-bond acceptors (Lipinski definition) is 4. The molecule has 1 aromatic heterocycles. The number of fused-ring (bicyclic) bond motifs is 1. The highest BCUT2D eigenvalue weighted by molar-refractivity contribution is 6.34. The van der Waals surface area contributed by atoms with E-state index < -0.39 is 23.3 Å². The Hall–Kier alpha value is -3.59. The van der Waals surface area contributed by atoms with Crippen molar-refractivity contribution in [3.05, 3.63) is 115 Å². The minimum atomic E-state index is -4.78. The summed E-state index contributed by atoms with van der Waals surface area (Å²) in [5.74, 6) is -0.428. The second-order valence-electron chi connectivity index (χ2n) is 9.29. The average molecular weight is 574 g/mol. The van der Waals surface area contributed by atoms with E-state index in [0.29, 0.717) is 33.5 Å². The molecule has 1 unspecified atom stereocenters. The normalized spacial score (nSPS) is 17.4. The fourth-order valence-corrected chi connectivity index (χ4v) is 5.19. The molecular weight excluding hydrogens is 554 g/mol. The molecule has 5 nitrogen and oxygen atoms in total. The van der Waals surface area contributed by atoms with Crippen molar-refractivity contribution < 1.29 is 27.1 Å². The van der Waals surface area contributed by atoms with Crippen molar-refractivity contribution in [1.29, 1.82) is 0 Å². The van der Waals surface area contributed by atoms with Gasteiger partial charge in [0.25, 0.3) is 5.91 Å². The van der Waals surface area contributed by atoms with Gasteiger partial charge in [0, 0.05) is 38.8 Å². The number of amides is 1. The Morgan fingerprint density at radius 1 is 0.949 bits per heavy atom. The third-order valence-electron chi connectivity index (χ3n) is 6.60. The van der Waals surface area contributed by atoms with Gasteiger partial charge in [-0.05, 0) is 84.1 Å². The van der Waals surface area contributed by atoms with Crippen molar-refractivity contribution in [1.82, 2.24) is 0 Å². The molecule has 5 rings (SSSR count). The largest absolute Gasteiger partial charge is 0.425 e. The first-order valence-corrected chi connectivity index (χ1v) is 12.5. The quantitative estimate of drug-likeness (QED) is 0.252. The van der Waals surface area contributed by atoms with E-state index in [-0.39, 0.29) is 22.2 Å². The van der Waals surface area contributed by atoms with Crippen LogP contribution in [0.25, 0.3) is 16.5 Å². The lowest BCUT2D eigenvalue weighted by molar-refractivity contribution is -0.254. The first-order chi connectivity index (χ1) is 18.4. The molecule has 10 heteroatoms. The number of benzene rings is 3. The zero-order chi connectivity index (χ0) is 28.1. The number of ether oxygens (including phenoxy) is 1. The molecule has 0 fully saturated rings. The van der Waals surface area contributed by atoms with Crippen molar-refractivity contribution in [3.63, 3.8) is 0 Å². The fourth-order valence-electron chi connectivity index (χ4n) is 4.67. The highest BCUT2D eigenvalue weighted by Crippen LogP contribution is 2.49. The maximum Gasteiger partial charge on any atom is 0.425 e. The van der Waals surface area contributed by atoms with Gasteiger partial charge in [0.15, 0.2) is 0 Å². The van der Waals surface area contributed by atoms with Gasteiger partial charge in [0.1, 0.15) is 5.58 Å². The van der Waals surface area contributed by atoms with Gasteiger partial charge in [-0.2, -0.15) is 13.2 Å². The second kappa shape index (κ2) is 9.86. The van der Waals surface area contributed by atoms with Gasteiger partial charge in [-0.15, -0.1) is 0 Å². The van der Waals surface area contributed by atoms with E-state index >= 15 is 0 Å². The Morgan fingerprint density at radius 2 is 1.67 bits per heavy atom. The van der Waals surface area contributed by atoms with Crippen molar-refractivity contribution in [2.75, 3.05) is 11.9 Å². The fraction of sp³-hybridized carbons (Fsp3) is 0.172. The zero-order valence-corrected chi connectivity index (χ0v) is 22.1. The Kier molecular flexibility index (Phi) is 6.83. The van der Waals surface area contributed by atoms with Crippen LogP contribution in [0.4, 0.5) is 18.9 Å². The summed E-state index contributed by atoms with van der Waals surface area (Å²) in [5.41, 5.74) is -0.265. The Bertz CT molecular complexity index is 1710. The topological polar surface area (TPSA) is 68.5 Å². The summed E-state index contributed by atoms with van der Waals surface area (Å²) in [6.45, 7) is 3.16. The summed E-state index contributed by atoms with van der Waals surface area (Å²) in [4.78, 5) is 24.7. The van der Waals surface area contributed by atoms with Crippen molar-refractivity contribution in [2.45, 2.75) is 25.6 Å². The lowest BCUT2D eigenvalue weighted by atomic mass is 9.90. The molecule has 2 heterocycles. The van der Waals surface area contributed by atoms with Gasteiger partial charge in [-0.1, -0.05) is 35.3 Å². The molecule has 1 aliphatic rings. The van der Waals surface area contributed by atoms with Crippen LogP contribution < -0.4 is 10.9 Å². The molecule has 0 bridgehead atoms. The van der Waals surface area contributed by atoms with Gasteiger partial charge < -0.3 is 14.5 Å². The molecule has 4 aromatic rings. The monoisotopic (exact) mass is 573 g/mol. The first kappa shape index (κ1) is 27.0. The SMILES string of the molecule is Cc1cc(C2=CC(c3cc(Cl)cc(Cl)c3)(C(F)(F)F)OC2)ccc1C(=O)Nc1ccc2c(C)cc(=O)oc2c1. The van der Waals surface area contributed by atoms with Crippen LogP contribution in [0.15, 0.2) is 76.0 Å². The highest BCUT2D eigenvalue weighted by Gasteiger charge is 2.58. The number of carbonyl (C=O) groups excluding carboxylic acids is 1. The van der Waals surface area contributed by atoms with Gasteiger partial charge >= 0.3 is 11.8 Å². The van der Waals surface area contributed by atoms with E-state index in [1.54, 1.807) is 44.2 Å². The summed E-state index contributed by atoms with van der Waals surface area (Å²) in [6, 6.07) is 14.8. The molecule has 1 amide bonds. The maximum atomic E-state index is 14.3. The van der Waals surface area contributed by atoms with Crippen LogP contribution in [-0.2, 0) is 10.3 Å². The maximum absolute atomic E-state index is 14.3. The van der Waals surface area contributed by atoms with Crippen molar-refractivity contribution >= 4 is 51.3 Å². The Morgan fingerprint density at radius 3 is 2.33 bits per heavy atom. The standard InChI is InChI=1S/C29H20Cl2F3NO4/c1-15-7-17(18-13-28(38-14-18,29(32,33)34)19-9-20(30)11-21(31)10-19)3-5-24(15)27(37)35-22-4-6-23-16(2)8-26(36)39-25(23)12-22/h3-13H,14H2,1-2H3,(H,35,37). The first-order valence-electron chi connectivity index (χ1n) is 11.7. The molecule has 0 radical (unpaired) electrons. The Labute approximate surface area is 230 Å². The number of alkyl halides is 3. The van der Waals surface area contributed by atoms with Crippen LogP contribution in [0, 0.1) is 13.8 Å². The summed E-state index contributed by atoms with van der Waals surface area (Å²) < 4.78 is 53.6. The molecule has 1 atom stereocenters. The molecule has 1 N–H and O–H groups in total. The lowest BCUT2D eigenvalue weighted by Gasteiger charge is -2.30. The number of anilines is 1. The van der Waals surface area contributed by atoms with Gasteiger partial charge in [0.2, 0.25) is 5.60 Å². The number of carbonyl (C=O) groups is 1.